The van der Waals surface area contributed by atoms with Crippen molar-refractivity contribution in [3.8, 4) is 5.69 Å². The molecular formula is C26H25N3O. The van der Waals surface area contributed by atoms with Gasteiger partial charge in [-0.05, 0) is 82.2 Å². The van der Waals surface area contributed by atoms with Crippen LogP contribution in [0.15, 0.2) is 53.3 Å². The average Bonchev–Trinajstić information content (AvgIpc) is 2.70. The number of hydrogen-bond acceptors (Lipinski definition) is 3. The predicted octanol–water partition coefficient (Wildman–Crippen LogP) is 5.49. The summed E-state index contributed by atoms with van der Waals surface area (Å²) in [4.78, 5) is 23.0. The summed E-state index contributed by atoms with van der Waals surface area (Å²) >= 11 is 0. The lowest BCUT2D eigenvalue weighted by Crippen LogP contribution is -2.23. The van der Waals surface area contributed by atoms with E-state index in [9.17, 15) is 4.79 Å². The van der Waals surface area contributed by atoms with E-state index in [1.165, 1.54) is 0 Å². The van der Waals surface area contributed by atoms with Crippen molar-refractivity contribution in [1.29, 1.82) is 0 Å². The van der Waals surface area contributed by atoms with Crippen LogP contribution in [-0.4, -0.2) is 14.5 Å². The Morgan fingerprint density at radius 2 is 1.50 bits per heavy atom. The SMILES string of the molecule is Cc1ccc(-n2c(/C=C/c3nc(C)ccc3C)nc3ccc(C)cc3c2=O)c(C)c1. The van der Waals surface area contributed by atoms with Crippen molar-refractivity contribution < 1.29 is 0 Å². The molecule has 0 unspecified atom stereocenters. The van der Waals surface area contributed by atoms with Gasteiger partial charge in [0.1, 0.15) is 5.82 Å². The number of fused-ring (bicyclic) bond motifs is 1. The normalized spacial score (nSPS) is 11.5. The molecule has 150 valence electrons. The molecule has 2 aromatic heterocycles. The van der Waals surface area contributed by atoms with E-state index in [1.54, 1.807) is 4.57 Å². The molecule has 2 aromatic carbocycles. The van der Waals surface area contributed by atoms with Gasteiger partial charge in [-0.1, -0.05) is 35.4 Å². The molecule has 0 atom stereocenters. The van der Waals surface area contributed by atoms with Crippen LogP contribution in [0.2, 0.25) is 0 Å². The van der Waals surface area contributed by atoms with Crippen LogP contribution in [-0.2, 0) is 0 Å². The first-order chi connectivity index (χ1) is 14.3. The molecule has 0 saturated heterocycles. The molecule has 2 heterocycles. The van der Waals surface area contributed by atoms with E-state index in [1.807, 2.05) is 76.2 Å². The van der Waals surface area contributed by atoms with E-state index >= 15 is 0 Å². The Bertz CT molecular complexity index is 1360. The topological polar surface area (TPSA) is 47.8 Å². The fourth-order valence-corrected chi connectivity index (χ4v) is 3.69. The third kappa shape index (κ3) is 3.69. The van der Waals surface area contributed by atoms with E-state index in [2.05, 4.69) is 24.0 Å². The molecule has 0 aliphatic carbocycles. The van der Waals surface area contributed by atoms with E-state index in [0.717, 1.165) is 39.3 Å². The largest absolute Gasteiger partial charge is 0.268 e. The van der Waals surface area contributed by atoms with Gasteiger partial charge in [0.15, 0.2) is 0 Å². The number of aromatic nitrogens is 3. The minimum atomic E-state index is -0.0655. The highest BCUT2D eigenvalue weighted by molar-refractivity contribution is 5.81. The summed E-state index contributed by atoms with van der Waals surface area (Å²) in [7, 11) is 0. The Labute approximate surface area is 176 Å². The number of aryl methyl sites for hydroxylation is 5. The number of benzene rings is 2. The smallest absolute Gasteiger partial charge is 0.266 e. The van der Waals surface area contributed by atoms with Crippen LogP contribution in [0.25, 0.3) is 28.7 Å². The highest BCUT2D eigenvalue weighted by Gasteiger charge is 2.13. The molecule has 0 saturated carbocycles. The van der Waals surface area contributed by atoms with Gasteiger partial charge in [0, 0.05) is 5.69 Å². The van der Waals surface area contributed by atoms with E-state index in [0.29, 0.717) is 16.7 Å². The van der Waals surface area contributed by atoms with Gasteiger partial charge in [0.05, 0.1) is 22.3 Å². The van der Waals surface area contributed by atoms with Crippen LogP contribution in [0.5, 0.6) is 0 Å². The van der Waals surface area contributed by atoms with E-state index in [4.69, 9.17) is 4.98 Å². The summed E-state index contributed by atoms with van der Waals surface area (Å²) in [6, 6.07) is 15.9. The second-order valence-electron chi connectivity index (χ2n) is 7.91. The summed E-state index contributed by atoms with van der Waals surface area (Å²) in [5.41, 5.74) is 7.61. The van der Waals surface area contributed by atoms with Gasteiger partial charge in [0.25, 0.3) is 5.56 Å². The molecule has 0 N–H and O–H groups in total. The van der Waals surface area contributed by atoms with E-state index < -0.39 is 0 Å². The molecule has 0 aliphatic heterocycles. The van der Waals surface area contributed by atoms with Gasteiger partial charge < -0.3 is 0 Å². The molecule has 0 radical (unpaired) electrons. The maximum atomic E-state index is 13.5. The van der Waals surface area contributed by atoms with Gasteiger partial charge in [-0.2, -0.15) is 0 Å². The maximum absolute atomic E-state index is 13.5. The number of rotatable bonds is 3. The number of pyridine rings is 1. The van der Waals surface area contributed by atoms with Crippen LogP contribution in [0.3, 0.4) is 0 Å². The average molecular weight is 396 g/mol. The molecule has 4 nitrogen and oxygen atoms in total. The zero-order valence-corrected chi connectivity index (χ0v) is 18.0. The third-order valence-electron chi connectivity index (χ3n) is 5.31. The summed E-state index contributed by atoms with van der Waals surface area (Å²) < 4.78 is 1.71. The minimum absolute atomic E-state index is 0.0655. The highest BCUT2D eigenvalue weighted by atomic mass is 16.1. The van der Waals surface area contributed by atoms with Gasteiger partial charge in [-0.25, -0.2) is 4.98 Å². The first-order valence-corrected chi connectivity index (χ1v) is 10.1. The Morgan fingerprint density at radius 3 is 2.27 bits per heavy atom. The number of hydrogen-bond donors (Lipinski definition) is 0. The van der Waals surface area contributed by atoms with Crippen molar-refractivity contribution in [3.05, 3.63) is 98.4 Å². The number of nitrogens with zero attached hydrogens (tertiary/aromatic N) is 3. The van der Waals surface area contributed by atoms with Crippen LogP contribution in [0.1, 0.15) is 39.5 Å². The zero-order chi connectivity index (χ0) is 21.4. The van der Waals surface area contributed by atoms with Crippen molar-refractivity contribution in [2.75, 3.05) is 0 Å². The molecule has 4 heteroatoms. The van der Waals surface area contributed by atoms with Crippen molar-refractivity contribution in [1.82, 2.24) is 14.5 Å². The predicted molar refractivity (Wildman–Crippen MR) is 124 cm³/mol. The lowest BCUT2D eigenvalue weighted by Gasteiger charge is -2.14. The molecule has 0 amide bonds. The summed E-state index contributed by atoms with van der Waals surface area (Å²) in [6.45, 7) is 10.1. The standard InChI is InChI=1S/C26H25N3O/c1-16-7-12-24(19(4)14-16)29-25(13-11-22-18(3)8-9-20(5)27-22)28-23-10-6-17(2)15-21(23)26(29)30/h6-15H,1-5H3/b13-11+. The van der Waals surface area contributed by atoms with Crippen LogP contribution < -0.4 is 5.56 Å². The Morgan fingerprint density at radius 1 is 0.767 bits per heavy atom. The van der Waals surface area contributed by atoms with Crippen molar-refractivity contribution in [2.24, 2.45) is 0 Å². The fourth-order valence-electron chi connectivity index (χ4n) is 3.69. The lowest BCUT2D eigenvalue weighted by atomic mass is 10.1. The molecule has 0 aliphatic rings. The van der Waals surface area contributed by atoms with Crippen LogP contribution in [0, 0.1) is 34.6 Å². The molecule has 0 spiro atoms. The van der Waals surface area contributed by atoms with Gasteiger partial charge in [0.2, 0.25) is 0 Å². The molecular weight excluding hydrogens is 370 g/mol. The van der Waals surface area contributed by atoms with Gasteiger partial charge >= 0.3 is 0 Å². The third-order valence-corrected chi connectivity index (χ3v) is 5.31. The highest BCUT2D eigenvalue weighted by Crippen LogP contribution is 2.20. The zero-order valence-electron chi connectivity index (χ0n) is 18.0. The minimum Gasteiger partial charge on any atom is -0.268 e. The summed E-state index contributed by atoms with van der Waals surface area (Å²) in [5.74, 6) is 0.589. The van der Waals surface area contributed by atoms with Crippen molar-refractivity contribution in [2.45, 2.75) is 34.6 Å². The Balaban J connectivity index is 2.00. The molecule has 4 aromatic rings. The molecule has 0 bridgehead atoms. The second-order valence-corrected chi connectivity index (χ2v) is 7.91. The molecule has 4 rings (SSSR count). The lowest BCUT2D eigenvalue weighted by molar-refractivity contribution is 0.933. The summed E-state index contributed by atoms with van der Waals surface area (Å²) in [5, 5.41) is 0.622. The van der Waals surface area contributed by atoms with E-state index in [-0.39, 0.29) is 5.56 Å². The van der Waals surface area contributed by atoms with Crippen molar-refractivity contribution in [3.63, 3.8) is 0 Å². The second kappa shape index (κ2) is 7.71. The van der Waals surface area contributed by atoms with Gasteiger partial charge in [-0.15, -0.1) is 0 Å². The fraction of sp³-hybridized carbons (Fsp3) is 0.192. The molecule has 30 heavy (non-hydrogen) atoms. The monoisotopic (exact) mass is 395 g/mol. The quantitative estimate of drug-likeness (QED) is 0.461. The summed E-state index contributed by atoms with van der Waals surface area (Å²) in [6.07, 6.45) is 3.82. The Hall–Kier alpha value is -3.53. The van der Waals surface area contributed by atoms with Crippen LogP contribution in [0.4, 0.5) is 0 Å². The first kappa shape index (κ1) is 19.8. The first-order valence-electron chi connectivity index (χ1n) is 10.1. The Kier molecular flexibility index (Phi) is 5.08. The van der Waals surface area contributed by atoms with Gasteiger partial charge in [-0.3, -0.25) is 14.3 Å². The maximum Gasteiger partial charge on any atom is 0.266 e. The molecule has 0 fully saturated rings. The van der Waals surface area contributed by atoms with Crippen molar-refractivity contribution >= 4 is 23.1 Å². The van der Waals surface area contributed by atoms with Crippen LogP contribution >= 0.6 is 0 Å².